The zero-order valence-electron chi connectivity index (χ0n) is 12.4. The van der Waals surface area contributed by atoms with Crippen molar-refractivity contribution in [3.63, 3.8) is 0 Å². The first kappa shape index (κ1) is 16.2. The lowest BCUT2D eigenvalue weighted by Crippen LogP contribution is -2.36. The first-order valence-corrected chi connectivity index (χ1v) is 6.85. The third kappa shape index (κ3) is 5.45. The molecule has 0 aliphatic heterocycles. The molecule has 4 nitrogen and oxygen atoms in total. The number of nitrogens with one attached hydrogen (secondary N) is 1. The molecule has 1 atom stereocenters. The van der Waals surface area contributed by atoms with E-state index in [0.717, 1.165) is 12.2 Å². The second-order valence-corrected chi connectivity index (χ2v) is 5.08. The SMILES string of the molecule is COc1ccccc1CC(NCC=CC(N)=O)C(C)C. The topological polar surface area (TPSA) is 64.3 Å². The number of benzene rings is 1. The van der Waals surface area contributed by atoms with Gasteiger partial charge in [-0.2, -0.15) is 0 Å². The molecule has 1 rings (SSSR count). The highest BCUT2D eigenvalue weighted by Crippen LogP contribution is 2.20. The summed E-state index contributed by atoms with van der Waals surface area (Å²) in [6, 6.07) is 8.34. The van der Waals surface area contributed by atoms with Crippen molar-refractivity contribution in [2.75, 3.05) is 13.7 Å². The Kier molecular flexibility index (Phi) is 6.81. The Morgan fingerprint density at radius 2 is 2.10 bits per heavy atom. The van der Waals surface area contributed by atoms with E-state index in [0.29, 0.717) is 18.5 Å². The lowest BCUT2D eigenvalue weighted by Gasteiger charge is -2.23. The number of amides is 1. The summed E-state index contributed by atoms with van der Waals surface area (Å²) in [6.45, 7) is 4.97. The van der Waals surface area contributed by atoms with E-state index >= 15 is 0 Å². The highest BCUT2D eigenvalue weighted by atomic mass is 16.5. The second kappa shape index (κ2) is 8.38. The van der Waals surface area contributed by atoms with Crippen LogP contribution in [0.25, 0.3) is 0 Å². The van der Waals surface area contributed by atoms with Crippen molar-refractivity contribution >= 4 is 5.91 Å². The smallest absolute Gasteiger partial charge is 0.241 e. The van der Waals surface area contributed by atoms with Gasteiger partial charge in [-0.1, -0.05) is 38.1 Å². The third-order valence-electron chi connectivity index (χ3n) is 3.22. The molecule has 0 heterocycles. The average Bonchev–Trinajstić information content (AvgIpc) is 2.42. The second-order valence-electron chi connectivity index (χ2n) is 5.08. The maximum Gasteiger partial charge on any atom is 0.241 e. The van der Waals surface area contributed by atoms with Crippen LogP contribution in [0.4, 0.5) is 0 Å². The molecule has 0 aliphatic rings. The van der Waals surface area contributed by atoms with E-state index < -0.39 is 5.91 Å². The van der Waals surface area contributed by atoms with Crippen molar-refractivity contribution < 1.29 is 9.53 Å². The predicted molar refractivity (Wildman–Crippen MR) is 81.7 cm³/mol. The van der Waals surface area contributed by atoms with Crippen molar-refractivity contribution in [1.82, 2.24) is 5.32 Å². The number of rotatable bonds is 8. The Bertz CT molecular complexity index is 456. The summed E-state index contributed by atoms with van der Waals surface area (Å²) in [5.41, 5.74) is 6.24. The van der Waals surface area contributed by atoms with Gasteiger partial charge in [0.25, 0.3) is 0 Å². The summed E-state index contributed by atoms with van der Waals surface area (Å²) < 4.78 is 5.38. The van der Waals surface area contributed by atoms with Crippen LogP contribution < -0.4 is 15.8 Å². The van der Waals surface area contributed by atoms with Crippen LogP contribution in [-0.4, -0.2) is 25.6 Å². The zero-order valence-corrected chi connectivity index (χ0v) is 12.4. The molecule has 1 aromatic rings. The normalized spacial score (nSPS) is 12.8. The van der Waals surface area contributed by atoms with Gasteiger partial charge in [-0.15, -0.1) is 0 Å². The molecule has 4 heteroatoms. The monoisotopic (exact) mass is 276 g/mol. The fourth-order valence-corrected chi connectivity index (χ4v) is 2.05. The quantitative estimate of drug-likeness (QED) is 0.713. The van der Waals surface area contributed by atoms with Crippen molar-refractivity contribution in [3.8, 4) is 5.75 Å². The van der Waals surface area contributed by atoms with Gasteiger partial charge in [0.15, 0.2) is 0 Å². The van der Waals surface area contributed by atoms with Gasteiger partial charge >= 0.3 is 0 Å². The molecule has 0 spiro atoms. The van der Waals surface area contributed by atoms with E-state index in [1.54, 1.807) is 13.2 Å². The molecule has 1 aromatic carbocycles. The summed E-state index contributed by atoms with van der Waals surface area (Å²) in [5.74, 6) is 0.965. The molecule has 0 bridgehead atoms. The lowest BCUT2D eigenvalue weighted by atomic mass is 9.96. The molecule has 0 aliphatic carbocycles. The molecule has 3 N–H and O–H groups in total. The van der Waals surface area contributed by atoms with E-state index in [-0.39, 0.29) is 0 Å². The largest absolute Gasteiger partial charge is 0.496 e. The highest BCUT2D eigenvalue weighted by molar-refractivity contribution is 5.85. The number of methoxy groups -OCH3 is 1. The Balaban J connectivity index is 2.65. The number of carbonyl (C=O) groups excluding carboxylic acids is 1. The van der Waals surface area contributed by atoms with Gasteiger partial charge in [-0.05, 0) is 30.0 Å². The summed E-state index contributed by atoms with van der Waals surface area (Å²) in [7, 11) is 1.69. The van der Waals surface area contributed by atoms with Crippen LogP contribution in [0.1, 0.15) is 19.4 Å². The number of hydrogen-bond acceptors (Lipinski definition) is 3. The molecule has 0 aromatic heterocycles. The molecule has 110 valence electrons. The number of hydrogen-bond donors (Lipinski definition) is 2. The van der Waals surface area contributed by atoms with E-state index in [4.69, 9.17) is 10.5 Å². The van der Waals surface area contributed by atoms with Gasteiger partial charge in [0.2, 0.25) is 5.91 Å². The van der Waals surface area contributed by atoms with E-state index in [2.05, 4.69) is 25.2 Å². The van der Waals surface area contributed by atoms with Gasteiger partial charge in [0, 0.05) is 12.6 Å². The predicted octanol–water partition coefficient (Wildman–Crippen LogP) is 1.89. The molecular weight excluding hydrogens is 252 g/mol. The van der Waals surface area contributed by atoms with Crippen molar-refractivity contribution in [2.24, 2.45) is 11.7 Å². The first-order valence-electron chi connectivity index (χ1n) is 6.85. The number of ether oxygens (including phenoxy) is 1. The van der Waals surface area contributed by atoms with Crippen LogP contribution in [0.15, 0.2) is 36.4 Å². The molecule has 0 radical (unpaired) electrons. The average molecular weight is 276 g/mol. The minimum atomic E-state index is -0.419. The molecule has 0 saturated carbocycles. The van der Waals surface area contributed by atoms with Gasteiger partial charge < -0.3 is 15.8 Å². The minimum Gasteiger partial charge on any atom is -0.496 e. The Morgan fingerprint density at radius 1 is 1.40 bits per heavy atom. The van der Waals surface area contributed by atoms with Crippen molar-refractivity contribution in [2.45, 2.75) is 26.3 Å². The minimum absolute atomic E-state index is 0.309. The van der Waals surface area contributed by atoms with Crippen molar-refractivity contribution in [3.05, 3.63) is 42.0 Å². The number of para-hydroxylation sites is 1. The highest BCUT2D eigenvalue weighted by Gasteiger charge is 2.15. The molecule has 0 saturated heterocycles. The zero-order chi connectivity index (χ0) is 15.0. The molecular formula is C16H24N2O2. The van der Waals surface area contributed by atoms with Gasteiger partial charge in [-0.25, -0.2) is 0 Å². The maximum atomic E-state index is 10.6. The molecule has 1 unspecified atom stereocenters. The fraction of sp³-hybridized carbons (Fsp3) is 0.438. The molecule has 1 amide bonds. The molecule has 20 heavy (non-hydrogen) atoms. The van der Waals surface area contributed by atoms with E-state index in [1.165, 1.54) is 11.6 Å². The maximum absolute atomic E-state index is 10.6. The van der Waals surface area contributed by atoms with Crippen molar-refractivity contribution in [1.29, 1.82) is 0 Å². The summed E-state index contributed by atoms with van der Waals surface area (Å²) in [6.07, 6.45) is 4.01. The summed E-state index contributed by atoms with van der Waals surface area (Å²) in [4.78, 5) is 10.6. The van der Waals surface area contributed by atoms with Gasteiger partial charge in [0.1, 0.15) is 5.75 Å². The van der Waals surface area contributed by atoms with Crippen LogP contribution in [0, 0.1) is 5.92 Å². The Morgan fingerprint density at radius 3 is 2.70 bits per heavy atom. The lowest BCUT2D eigenvalue weighted by molar-refractivity contribution is -0.113. The standard InChI is InChI=1S/C16H24N2O2/c1-12(2)14(18-10-6-9-16(17)19)11-13-7-4-5-8-15(13)20-3/h4-9,12,14,18H,10-11H2,1-3H3,(H2,17,19). The third-order valence-corrected chi connectivity index (χ3v) is 3.22. The van der Waals surface area contributed by atoms with E-state index in [1.807, 2.05) is 18.2 Å². The van der Waals surface area contributed by atoms with Crippen LogP contribution in [0.5, 0.6) is 5.75 Å². The summed E-state index contributed by atoms with van der Waals surface area (Å²) in [5, 5.41) is 3.42. The van der Waals surface area contributed by atoms with E-state index in [9.17, 15) is 4.79 Å². The fourth-order valence-electron chi connectivity index (χ4n) is 2.05. The summed E-state index contributed by atoms with van der Waals surface area (Å²) >= 11 is 0. The number of primary amides is 1. The first-order chi connectivity index (χ1) is 9.54. The number of nitrogens with two attached hydrogens (primary N) is 1. The van der Waals surface area contributed by atoms with Crippen LogP contribution in [0.3, 0.4) is 0 Å². The Labute approximate surface area is 121 Å². The Hall–Kier alpha value is -1.81. The van der Waals surface area contributed by atoms with Gasteiger partial charge in [-0.3, -0.25) is 4.79 Å². The van der Waals surface area contributed by atoms with Gasteiger partial charge in [0.05, 0.1) is 7.11 Å². The van der Waals surface area contributed by atoms with Crippen LogP contribution in [0.2, 0.25) is 0 Å². The number of carbonyl (C=O) groups is 1. The van der Waals surface area contributed by atoms with Crippen LogP contribution >= 0.6 is 0 Å². The molecule has 0 fully saturated rings. The van der Waals surface area contributed by atoms with Crippen LogP contribution in [-0.2, 0) is 11.2 Å².